The van der Waals surface area contributed by atoms with E-state index in [9.17, 15) is 4.79 Å². The lowest BCUT2D eigenvalue weighted by Crippen LogP contribution is -2.05. The van der Waals surface area contributed by atoms with Gasteiger partial charge in [-0.3, -0.25) is 0 Å². The van der Waals surface area contributed by atoms with Crippen LogP contribution in [0, 0.1) is 0 Å². The normalized spacial score (nSPS) is 10.8. The van der Waals surface area contributed by atoms with Gasteiger partial charge in [-0.25, -0.2) is 9.78 Å². The highest BCUT2D eigenvalue weighted by molar-refractivity contribution is 6.33. The number of esters is 1. The Hall–Kier alpha value is -2.80. The van der Waals surface area contributed by atoms with Crippen LogP contribution in [0.4, 0.5) is 5.95 Å². The van der Waals surface area contributed by atoms with Gasteiger partial charge in [-0.2, -0.15) is 4.98 Å². The summed E-state index contributed by atoms with van der Waals surface area (Å²) in [5.74, 6) is 0.288. The van der Waals surface area contributed by atoms with Gasteiger partial charge in [0.05, 0.1) is 31.8 Å². The summed E-state index contributed by atoms with van der Waals surface area (Å²) in [6.07, 6.45) is 1.85. The van der Waals surface area contributed by atoms with Gasteiger partial charge in [0.1, 0.15) is 11.3 Å². The molecule has 3 aromatic rings. The van der Waals surface area contributed by atoms with Crippen LogP contribution in [0.5, 0.6) is 5.75 Å². The number of nitrogens with two attached hydrogens (primary N) is 1. The molecule has 2 aromatic heterocycles. The van der Waals surface area contributed by atoms with E-state index in [4.69, 9.17) is 26.8 Å². The fourth-order valence-electron chi connectivity index (χ4n) is 2.51. The number of nitrogens with zero attached hydrogens (tertiary/aromatic N) is 3. The van der Waals surface area contributed by atoms with E-state index in [2.05, 4.69) is 9.97 Å². The van der Waals surface area contributed by atoms with Gasteiger partial charge in [0, 0.05) is 11.8 Å². The number of fused-ring (bicyclic) bond motifs is 1. The third-order valence-electron chi connectivity index (χ3n) is 3.63. The number of ether oxygens (including phenoxy) is 2. The quantitative estimate of drug-likeness (QED) is 0.576. The summed E-state index contributed by atoms with van der Waals surface area (Å²) in [5.41, 5.74) is 8.25. The van der Waals surface area contributed by atoms with E-state index < -0.39 is 5.97 Å². The molecule has 124 valence electrons. The van der Waals surface area contributed by atoms with E-state index in [-0.39, 0.29) is 11.1 Å². The number of rotatable bonds is 4. The Balaban J connectivity index is 2.01. The van der Waals surface area contributed by atoms with Crippen LogP contribution in [0.15, 0.2) is 30.5 Å². The molecule has 0 atom stereocenters. The minimum absolute atomic E-state index is 0.130. The number of hydrogen-bond acceptors (Lipinski definition) is 6. The first-order chi connectivity index (χ1) is 11.5. The molecule has 0 radical (unpaired) electrons. The summed E-state index contributed by atoms with van der Waals surface area (Å²) in [5, 5.41) is 0.285. The molecular weight excluding hydrogens is 332 g/mol. The molecule has 8 heteroatoms. The zero-order chi connectivity index (χ0) is 17.3. The van der Waals surface area contributed by atoms with Crippen molar-refractivity contribution < 1.29 is 14.3 Å². The van der Waals surface area contributed by atoms with E-state index >= 15 is 0 Å². The first-order valence-corrected chi connectivity index (χ1v) is 7.44. The molecule has 2 N–H and O–H groups in total. The minimum atomic E-state index is -0.418. The van der Waals surface area contributed by atoms with Gasteiger partial charge in [0.15, 0.2) is 5.15 Å². The number of nitrogen functional groups attached to an aromatic ring is 1. The van der Waals surface area contributed by atoms with Crippen molar-refractivity contribution in [3.63, 3.8) is 0 Å². The topological polar surface area (TPSA) is 92.3 Å². The summed E-state index contributed by atoms with van der Waals surface area (Å²) in [4.78, 5) is 19.8. The van der Waals surface area contributed by atoms with E-state index in [1.54, 1.807) is 19.2 Å². The van der Waals surface area contributed by atoms with Crippen LogP contribution in [0.3, 0.4) is 0 Å². The van der Waals surface area contributed by atoms with Crippen molar-refractivity contribution in [3.8, 4) is 5.75 Å². The van der Waals surface area contributed by atoms with Gasteiger partial charge in [-0.1, -0.05) is 17.7 Å². The van der Waals surface area contributed by atoms with Crippen molar-refractivity contribution in [2.75, 3.05) is 20.0 Å². The van der Waals surface area contributed by atoms with E-state index in [1.165, 1.54) is 7.11 Å². The number of hydrogen-bond donors (Lipinski definition) is 1. The molecule has 1 aromatic carbocycles. The summed E-state index contributed by atoms with van der Waals surface area (Å²) in [6, 6.07) is 6.95. The Morgan fingerprint density at radius 2 is 2.08 bits per heavy atom. The van der Waals surface area contributed by atoms with E-state index in [1.807, 2.05) is 22.9 Å². The second-order valence-electron chi connectivity index (χ2n) is 5.07. The molecule has 0 unspecified atom stereocenters. The van der Waals surface area contributed by atoms with Crippen LogP contribution < -0.4 is 10.5 Å². The van der Waals surface area contributed by atoms with Gasteiger partial charge in [0.25, 0.3) is 0 Å². The zero-order valence-electron chi connectivity index (χ0n) is 13.1. The number of benzene rings is 1. The first-order valence-electron chi connectivity index (χ1n) is 7.06. The molecule has 2 heterocycles. The Labute approximate surface area is 143 Å². The number of aromatic nitrogens is 3. The lowest BCUT2D eigenvalue weighted by molar-refractivity contribution is 0.0600. The average Bonchev–Trinajstić information content (AvgIpc) is 2.97. The van der Waals surface area contributed by atoms with Gasteiger partial charge >= 0.3 is 5.97 Å². The van der Waals surface area contributed by atoms with Gasteiger partial charge in [0.2, 0.25) is 5.95 Å². The summed E-state index contributed by atoms with van der Waals surface area (Å²) in [6.45, 7) is 0.473. The molecule has 0 bridgehead atoms. The van der Waals surface area contributed by atoms with E-state index in [0.717, 1.165) is 5.56 Å². The molecule has 0 amide bonds. The lowest BCUT2D eigenvalue weighted by atomic mass is 10.1. The Morgan fingerprint density at radius 1 is 1.29 bits per heavy atom. The largest absolute Gasteiger partial charge is 0.496 e. The van der Waals surface area contributed by atoms with Crippen LogP contribution in [-0.2, 0) is 11.3 Å². The number of anilines is 1. The Bertz CT molecular complexity index is 923. The molecule has 24 heavy (non-hydrogen) atoms. The summed E-state index contributed by atoms with van der Waals surface area (Å²) < 4.78 is 12.0. The third-order valence-corrected chi connectivity index (χ3v) is 3.90. The molecule has 3 rings (SSSR count). The lowest BCUT2D eigenvalue weighted by Gasteiger charge is -2.12. The van der Waals surface area contributed by atoms with Crippen molar-refractivity contribution in [1.82, 2.24) is 14.5 Å². The maximum absolute atomic E-state index is 11.6. The summed E-state index contributed by atoms with van der Waals surface area (Å²) in [7, 11) is 2.88. The van der Waals surface area contributed by atoms with Crippen molar-refractivity contribution in [3.05, 3.63) is 46.7 Å². The molecule has 0 aliphatic rings. The first kappa shape index (κ1) is 16.1. The van der Waals surface area contributed by atoms with Gasteiger partial charge in [-0.15, -0.1) is 0 Å². The highest BCUT2D eigenvalue weighted by Gasteiger charge is 2.14. The molecule has 0 aliphatic heterocycles. The minimum Gasteiger partial charge on any atom is -0.496 e. The number of carbonyl (C=O) groups excluding carboxylic acids is 1. The Morgan fingerprint density at radius 3 is 2.79 bits per heavy atom. The smallest absolute Gasteiger partial charge is 0.337 e. The maximum Gasteiger partial charge on any atom is 0.337 e. The van der Waals surface area contributed by atoms with Crippen molar-refractivity contribution >= 4 is 34.6 Å². The van der Waals surface area contributed by atoms with Crippen LogP contribution in [-0.4, -0.2) is 34.7 Å². The molecule has 0 aliphatic carbocycles. The monoisotopic (exact) mass is 346 g/mol. The van der Waals surface area contributed by atoms with Crippen LogP contribution >= 0.6 is 11.6 Å². The van der Waals surface area contributed by atoms with Crippen molar-refractivity contribution in [2.24, 2.45) is 0 Å². The average molecular weight is 347 g/mol. The second kappa shape index (κ2) is 6.37. The van der Waals surface area contributed by atoms with Crippen LogP contribution in [0.2, 0.25) is 5.15 Å². The summed E-state index contributed by atoms with van der Waals surface area (Å²) >= 11 is 6.19. The van der Waals surface area contributed by atoms with Crippen LogP contribution in [0.25, 0.3) is 11.0 Å². The molecule has 0 fully saturated rings. The molecule has 0 saturated carbocycles. The predicted molar refractivity (Wildman–Crippen MR) is 90.4 cm³/mol. The zero-order valence-corrected chi connectivity index (χ0v) is 13.9. The molecular formula is C16H15ClN4O3. The number of carbonyl (C=O) groups is 1. The van der Waals surface area contributed by atoms with Gasteiger partial charge in [-0.05, 0) is 18.2 Å². The Kier molecular flexibility index (Phi) is 4.26. The highest BCUT2D eigenvalue weighted by atomic mass is 35.5. The molecule has 0 spiro atoms. The number of methoxy groups -OCH3 is 2. The predicted octanol–water partition coefficient (Wildman–Crippen LogP) is 2.51. The van der Waals surface area contributed by atoms with Gasteiger partial charge < -0.3 is 19.8 Å². The molecule has 7 nitrogen and oxygen atoms in total. The fourth-order valence-corrected chi connectivity index (χ4v) is 2.80. The maximum atomic E-state index is 11.6. The van der Waals surface area contributed by atoms with Crippen LogP contribution in [0.1, 0.15) is 15.9 Å². The second-order valence-corrected chi connectivity index (χ2v) is 5.43. The van der Waals surface area contributed by atoms with E-state index in [0.29, 0.717) is 28.9 Å². The molecule has 0 saturated heterocycles. The SMILES string of the molecule is COC(=O)c1ccc(Cn2ccc3nc(N)nc(Cl)c32)c(OC)c1. The van der Waals surface area contributed by atoms with Crippen molar-refractivity contribution in [2.45, 2.75) is 6.54 Å². The highest BCUT2D eigenvalue weighted by Crippen LogP contribution is 2.26. The standard InChI is InChI=1S/C16H15ClN4O3/c1-23-12-7-9(15(22)24-2)3-4-10(12)8-21-6-5-11-13(21)14(17)20-16(18)19-11/h3-7H,8H2,1-2H3,(H2,18,19,20). The number of halogens is 1. The van der Waals surface area contributed by atoms with Crippen molar-refractivity contribution in [1.29, 1.82) is 0 Å². The third kappa shape index (κ3) is 2.85. The fraction of sp³-hybridized carbons (Fsp3) is 0.188.